The summed E-state index contributed by atoms with van der Waals surface area (Å²) in [6.07, 6.45) is 1.50. The lowest BCUT2D eigenvalue weighted by Crippen LogP contribution is -2.36. The molecule has 2 aromatic heterocycles. The highest BCUT2D eigenvalue weighted by Crippen LogP contribution is 2.15. The van der Waals surface area contributed by atoms with Crippen molar-refractivity contribution in [1.29, 1.82) is 0 Å². The maximum absolute atomic E-state index is 5.33. The average Bonchev–Trinajstić information content (AvgIpc) is 3.34. The molecule has 27 heavy (non-hydrogen) atoms. The van der Waals surface area contributed by atoms with E-state index in [1.54, 1.807) is 7.05 Å². The van der Waals surface area contributed by atoms with Crippen molar-refractivity contribution in [2.45, 2.75) is 32.9 Å². The van der Waals surface area contributed by atoms with Gasteiger partial charge in [-0.15, -0.1) is 24.0 Å². The van der Waals surface area contributed by atoms with Gasteiger partial charge < -0.3 is 15.2 Å². The van der Waals surface area contributed by atoms with Crippen LogP contribution in [0.25, 0.3) is 11.4 Å². The summed E-state index contributed by atoms with van der Waals surface area (Å²) in [5, 5.41) is 17.3. The molecule has 0 amide bonds. The molecule has 3 N–H and O–H groups in total. The molecule has 0 saturated carbocycles. The minimum Gasteiger partial charge on any atom is -0.359 e. The van der Waals surface area contributed by atoms with Crippen LogP contribution in [0.3, 0.4) is 0 Å². The second-order valence-corrected chi connectivity index (χ2v) is 6.19. The third-order valence-electron chi connectivity index (χ3n) is 3.90. The Hall–Kier alpha value is -2.43. The zero-order chi connectivity index (χ0) is 18.4. The third-order valence-corrected chi connectivity index (χ3v) is 3.90. The molecular formula is C18H24IN7O. The van der Waals surface area contributed by atoms with Crippen LogP contribution in [0.15, 0.2) is 46.2 Å². The molecular weight excluding hydrogens is 457 g/mol. The lowest BCUT2D eigenvalue weighted by atomic mass is 10.1. The van der Waals surface area contributed by atoms with Gasteiger partial charge in [-0.1, -0.05) is 37.2 Å². The lowest BCUT2D eigenvalue weighted by Gasteiger charge is -2.11. The summed E-state index contributed by atoms with van der Waals surface area (Å²) >= 11 is 0. The monoisotopic (exact) mass is 481 g/mol. The van der Waals surface area contributed by atoms with E-state index in [0.29, 0.717) is 25.0 Å². The molecule has 1 aromatic carbocycles. The zero-order valence-electron chi connectivity index (χ0n) is 15.6. The van der Waals surface area contributed by atoms with Gasteiger partial charge in [0.2, 0.25) is 0 Å². The first kappa shape index (κ1) is 20.9. The standard InChI is InChI=1S/C18H23N7O.HI/c1-12(2)16-8-15(26-25-16)10-21-18(19-3)20-9-13-5-4-6-14(7-13)17-22-11-23-24-17;/h4-8,11-12H,9-10H2,1-3H3,(H2,19,20,21)(H,22,23,24);1H. The first-order valence-electron chi connectivity index (χ1n) is 8.50. The summed E-state index contributed by atoms with van der Waals surface area (Å²) in [6.45, 7) is 5.33. The Morgan fingerprint density at radius 1 is 1.22 bits per heavy atom. The van der Waals surface area contributed by atoms with Gasteiger partial charge in [0.1, 0.15) is 6.33 Å². The molecule has 0 fully saturated rings. The number of aromatic amines is 1. The van der Waals surface area contributed by atoms with Crippen LogP contribution in [-0.4, -0.2) is 33.3 Å². The SMILES string of the molecule is CN=C(NCc1cccc(-c2ncn[nH]2)c1)NCc1cc(C(C)C)no1.I. The molecule has 0 aliphatic rings. The highest BCUT2D eigenvalue weighted by atomic mass is 127. The highest BCUT2D eigenvalue weighted by molar-refractivity contribution is 14.0. The summed E-state index contributed by atoms with van der Waals surface area (Å²) in [5.41, 5.74) is 3.06. The number of halogens is 1. The lowest BCUT2D eigenvalue weighted by molar-refractivity contribution is 0.372. The van der Waals surface area contributed by atoms with Gasteiger partial charge in [-0.05, 0) is 17.5 Å². The Morgan fingerprint density at radius 3 is 2.70 bits per heavy atom. The number of hydrogen-bond acceptors (Lipinski definition) is 5. The number of rotatable bonds is 6. The first-order chi connectivity index (χ1) is 12.7. The van der Waals surface area contributed by atoms with Crippen molar-refractivity contribution in [3.8, 4) is 11.4 Å². The van der Waals surface area contributed by atoms with Crippen LogP contribution in [-0.2, 0) is 13.1 Å². The number of aliphatic imine (C=N–C) groups is 1. The van der Waals surface area contributed by atoms with Crippen LogP contribution in [0, 0.1) is 0 Å². The fourth-order valence-corrected chi connectivity index (χ4v) is 2.43. The fraction of sp³-hybridized carbons (Fsp3) is 0.333. The molecule has 144 valence electrons. The quantitative estimate of drug-likeness (QED) is 0.284. The molecule has 0 saturated heterocycles. The third kappa shape index (κ3) is 5.78. The Bertz CT molecular complexity index is 858. The van der Waals surface area contributed by atoms with Crippen LogP contribution >= 0.6 is 24.0 Å². The van der Waals surface area contributed by atoms with Crippen molar-refractivity contribution in [2.75, 3.05) is 7.05 Å². The van der Waals surface area contributed by atoms with Gasteiger partial charge in [-0.2, -0.15) is 5.10 Å². The second-order valence-electron chi connectivity index (χ2n) is 6.19. The van der Waals surface area contributed by atoms with Gasteiger partial charge in [-0.3, -0.25) is 10.1 Å². The van der Waals surface area contributed by atoms with Crippen molar-refractivity contribution >= 4 is 29.9 Å². The summed E-state index contributed by atoms with van der Waals surface area (Å²) in [7, 11) is 1.74. The van der Waals surface area contributed by atoms with Crippen molar-refractivity contribution in [3.05, 3.63) is 53.7 Å². The van der Waals surface area contributed by atoms with E-state index in [2.05, 4.69) is 55.9 Å². The van der Waals surface area contributed by atoms with Crippen molar-refractivity contribution in [2.24, 2.45) is 4.99 Å². The summed E-state index contributed by atoms with van der Waals surface area (Å²) in [4.78, 5) is 8.41. The average molecular weight is 481 g/mol. The minimum atomic E-state index is 0. The maximum atomic E-state index is 5.33. The van der Waals surface area contributed by atoms with Crippen LogP contribution < -0.4 is 10.6 Å². The Labute approximate surface area is 175 Å². The summed E-state index contributed by atoms with van der Waals surface area (Å²) in [6, 6.07) is 10.1. The van der Waals surface area contributed by atoms with E-state index in [-0.39, 0.29) is 24.0 Å². The molecule has 0 unspecified atom stereocenters. The fourth-order valence-electron chi connectivity index (χ4n) is 2.43. The van der Waals surface area contributed by atoms with Crippen LogP contribution in [0.2, 0.25) is 0 Å². The second kappa shape index (κ2) is 10.0. The number of hydrogen-bond donors (Lipinski definition) is 3. The predicted octanol–water partition coefficient (Wildman–Crippen LogP) is 3.07. The van der Waals surface area contributed by atoms with Crippen molar-refractivity contribution in [3.63, 3.8) is 0 Å². The van der Waals surface area contributed by atoms with E-state index in [0.717, 1.165) is 28.4 Å². The van der Waals surface area contributed by atoms with Crippen LogP contribution in [0.4, 0.5) is 0 Å². The molecule has 3 aromatic rings. The van der Waals surface area contributed by atoms with Crippen molar-refractivity contribution < 1.29 is 4.52 Å². The molecule has 0 atom stereocenters. The van der Waals surface area contributed by atoms with Gasteiger partial charge in [-0.25, -0.2) is 4.98 Å². The molecule has 0 bridgehead atoms. The van der Waals surface area contributed by atoms with E-state index in [1.165, 1.54) is 6.33 Å². The van der Waals surface area contributed by atoms with Gasteiger partial charge in [0.25, 0.3) is 0 Å². The number of nitrogens with zero attached hydrogens (tertiary/aromatic N) is 4. The Balaban J connectivity index is 0.00000261. The molecule has 0 aliphatic carbocycles. The number of nitrogens with one attached hydrogen (secondary N) is 3. The predicted molar refractivity (Wildman–Crippen MR) is 115 cm³/mol. The zero-order valence-corrected chi connectivity index (χ0v) is 17.9. The molecule has 2 heterocycles. The van der Waals surface area contributed by atoms with Gasteiger partial charge >= 0.3 is 0 Å². The van der Waals surface area contributed by atoms with E-state index in [1.807, 2.05) is 24.3 Å². The summed E-state index contributed by atoms with van der Waals surface area (Å²) < 4.78 is 5.33. The molecule has 8 nitrogen and oxygen atoms in total. The molecule has 3 rings (SSSR count). The number of guanidine groups is 1. The molecule has 9 heteroatoms. The Kier molecular flexibility index (Phi) is 7.77. The topological polar surface area (TPSA) is 104 Å². The van der Waals surface area contributed by atoms with E-state index in [4.69, 9.17) is 4.52 Å². The molecule has 0 aliphatic heterocycles. The summed E-state index contributed by atoms with van der Waals surface area (Å²) in [5.74, 6) is 2.57. The first-order valence-corrected chi connectivity index (χ1v) is 8.50. The molecule has 0 spiro atoms. The van der Waals surface area contributed by atoms with Gasteiger partial charge in [0, 0.05) is 25.2 Å². The van der Waals surface area contributed by atoms with E-state index < -0.39 is 0 Å². The largest absolute Gasteiger partial charge is 0.359 e. The Morgan fingerprint density at radius 2 is 2.04 bits per heavy atom. The number of H-pyrrole nitrogens is 1. The van der Waals surface area contributed by atoms with Gasteiger partial charge in [0.05, 0.1) is 12.2 Å². The van der Waals surface area contributed by atoms with E-state index in [9.17, 15) is 0 Å². The molecule has 0 radical (unpaired) electrons. The van der Waals surface area contributed by atoms with Crippen molar-refractivity contribution in [1.82, 2.24) is 31.0 Å². The number of benzene rings is 1. The maximum Gasteiger partial charge on any atom is 0.191 e. The normalized spacial score (nSPS) is 11.3. The van der Waals surface area contributed by atoms with E-state index >= 15 is 0 Å². The minimum absolute atomic E-state index is 0. The van der Waals surface area contributed by atoms with Gasteiger partial charge in [0.15, 0.2) is 17.5 Å². The smallest absolute Gasteiger partial charge is 0.191 e. The number of aromatic nitrogens is 4. The van der Waals surface area contributed by atoms with Crippen LogP contribution in [0.5, 0.6) is 0 Å². The highest BCUT2D eigenvalue weighted by Gasteiger charge is 2.08. The van der Waals surface area contributed by atoms with Crippen LogP contribution in [0.1, 0.15) is 36.8 Å².